The van der Waals surface area contributed by atoms with Gasteiger partial charge in [-0.1, -0.05) is 322 Å². The summed E-state index contributed by atoms with van der Waals surface area (Å²) in [6.45, 7) is 0. The summed E-state index contributed by atoms with van der Waals surface area (Å²) in [6, 6.07) is 180. The van der Waals surface area contributed by atoms with Crippen LogP contribution in [0.1, 0.15) is 0 Å². The molecule has 0 bridgehead atoms. The summed E-state index contributed by atoms with van der Waals surface area (Å²) in [4.78, 5) is 15.2. The third kappa shape index (κ3) is 12.9. The number of aryl methyl sites for hydroxylation is 1. The van der Waals surface area contributed by atoms with E-state index in [0.717, 1.165) is 113 Å². The lowest BCUT2D eigenvalue weighted by Gasteiger charge is -2.14. The fourth-order valence-corrected chi connectivity index (χ4v) is 22.6. The van der Waals surface area contributed by atoms with Crippen molar-refractivity contribution in [3.8, 4) is 90.8 Å². The topological polar surface area (TPSA) is 83.0 Å². The second-order valence-corrected chi connectivity index (χ2v) is 36.6. The molecular weight excluding hydrogens is 1730 g/mol. The molecule has 9 heterocycles. The van der Waals surface area contributed by atoms with Crippen LogP contribution in [0.2, 0.25) is 0 Å². The minimum atomic E-state index is 0.923. The van der Waals surface area contributed by atoms with E-state index in [-0.39, 0.29) is 0 Å². The monoisotopic (exact) mass is 1810 g/mol. The van der Waals surface area contributed by atoms with Gasteiger partial charge in [0.25, 0.3) is 0 Å². The van der Waals surface area contributed by atoms with Crippen molar-refractivity contribution in [2.75, 3.05) is 0 Å². The van der Waals surface area contributed by atoms with Crippen molar-refractivity contribution in [2.24, 2.45) is 7.05 Å². The molecule has 12 nitrogen and oxygen atoms in total. The SMILES string of the molecule is Cn1c(-c2ccccc2)nc2ccc(-c3cccc(-n4c5ccccc5c5c4ccc4c6ccccc6n(-c6ccccc6)c45)c3)cc21.c1ccc(-c2nc3ccccc3n2-c2cccc(-n3c4ccccc4c4c3ccc3c5ccccc5n(-c5ccccc5)c34)c2)cc1.c1ccc(-n2c(-c3cccc(-n4c5ccccc5c5c4ccc4c6ccccc6n(-c6ccccc6)c45)c3)nc3ccccc32)cc1. The van der Waals surface area contributed by atoms with Crippen molar-refractivity contribution < 1.29 is 0 Å². The lowest BCUT2D eigenvalue weighted by atomic mass is 10.0. The summed E-state index contributed by atoms with van der Waals surface area (Å²) >= 11 is 0. The van der Waals surface area contributed by atoms with Crippen molar-refractivity contribution in [3.63, 3.8) is 0 Å². The van der Waals surface area contributed by atoms with Crippen LogP contribution in [0, 0.1) is 0 Å². The third-order valence-electron chi connectivity index (χ3n) is 28.7. The Balaban J connectivity index is 0.000000104. The lowest BCUT2D eigenvalue weighted by molar-refractivity contribution is 0.959. The first-order chi connectivity index (χ1) is 70.4. The summed E-state index contributed by atoms with van der Waals surface area (Å²) in [5, 5.41) is 15.0. The molecule has 21 aromatic carbocycles. The first kappa shape index (κ1) is 81.2. The fourth-order valence-electron chi connectivity index (χ4n) is 22.6. The molecule has 0 aliphatic heterocycles. The Labute approximate surface area is 815 Å². The molecular formula is C130H86N12. The normalized spacial score (nSPS) is 11.8. The van der Waals surface area contributed by atoms with E-state index in [2.05, 4.69) is 540 Å². The molecule has 0 saturated heterocycles. The average Bonchev–Trinajstić information content (AvgIpc) is 1.55. The number of hydrogen-bond acceptors (Lipinski definition) is 3. The molecule has 30 aromatic rings. The Bertz CT molecular complexity index is 10200. The first-order valence-corrected chi connectivity index (χ1v) is 48.4. The zero-order valence-electron chi connectivity index (χ0n) is 77.3. The van der Waals surface area contributed by atoms with Crippen molar-refractivity contribution in [3.05, 3.63) is 504 Å². The van der Waals surface area contributed by atoms with E-state index < -0.39 is 0 Å². The van der Waals surface area contributed by atoms with Crippen LogP contribution in [-0.4, -0.2) is 56.1 Å². The zero-order valence-corrected chi connectivity index (χ0v) is 77.3. The largest absolute Gasteiger partial charge is 0.327 e. The van der Waals surface area contributed by atoms with E-state index in [4.69, 9.17) is 15.0 Å². The van der Waals surface area contributed by atoms with Gasteiger partial charge in [-0.3, -0.25) is 9.13 Å². The van der Waals surface area contributed by atoms with Gasteiger partial charge in [0.15, 0.2) is 0 Å². The van der Waals surface area contributed by atoms with Crippen molar-refractivity contribution in [1.82, 2.24) is 56.1 Å². The molecule has 9 aromatic heterocycles. The van der Waals surface area contributed by atoms with Crippen LogP contribution in [0.15, 0.2) is 504 Å². The number of fused-ring (bicyclic) bond motifs is 24. The maximum Gasteiger partial charge on any atom is 0.145 e. The number of para-hydroxylation sites is 14. The molecule has 0 N–H and O–H groups in total. The van der Waals surface area contributed by atoms with Gasteiger partial charge in [-0.2, -0.15) is 0 Å². The van der Waals surface area contributed by atoms with Gasteiger partial charge in [0.1, 0.15) is 17.5 Å². The molecule has 0 atom stereocenters. The van der Waals surface area contributed by atoms with Gasteiger partial charge in [-0.05, 0) is 193 Å². The number of rotatable bonds is 12. The molecule has 0 fully saturated rings. The molecule has 0 unspecified atom stereocenters. The molecule has 30 rings (SSSR count). The summed E-state index contributed by atoms with van der Waals surface area (Å²) in [7, 11) is 2.10. The van der Waals surface area contributed by atoms with Crippen LogP contribution in [-0.2, 0) is 7.05 Å². The molecule has 0 aliphatic rings. The highest BCUT2D eigenvalue weighted by molar-refractivity contribution is 6.29. The number of imidazole rings is 3. The van der Waals surface area contributed by atoms with Crippen LogP contribution in [0.5, 0.6) is 0 Å². The molecule has 0 saturated carbocycles. The number of benzene rings is 21. The fraction of sp³-hybridized carbons (Fsp3) is 0.00769. The molecule has 0 spiro atoms. The molecule has 0 aliphatic carbocycles. The Morgan fingerprint density at radius 1 is 0.141 bits per heavy atom. The van der Waals surface area contributed by atoms with E-state index >= 15 is 0 Å². The standard InChI is InChI=1S/C44H30N4.2C43H28N4/c1-46-41-28-31(23-25-37(41)45-44(46)29-13-4-2-5-14-29)30-15-12-18-33(27-30)47-39-22-11-9-20-36(39)42-40(47)26-24-35-34-19-8-10-21-38(34)48(43(35)42)32-16-6-3-7-17-32;1-3-15-30(16-4-1)46-37-23-10-7-20-33(37)34-26-27-40-41(42(34)46)35-21-8-11-24-38(35)45(40)32-19-13-14-29(28-32)43-44-36-22-9-12-25-39(36)47(43)31-17-5-2-6-18-31;1-3-14-29(15-4-1)43-44-36-22-9-12-25-39(36)47(43)32-19-13-18-31(28-32)45-38-24-11-8-21-35(38)41-40(45)27-26-34-33-20-7-10-23-37(33)46(42(34)41)30-16-5-2-6-17-30/h2-28H,1H3;2*1-28H. The highest BCUT2D eigenvalue weighted by Gasteiger charge is 2.28. The number of nitrogens with zero attached hydrogens (tertiary/aromatic N) is 12. The minimum absolute atomic E-state index is 0.923. The summed E-state index contributed by atoms with van der Waals surface area (Å²) in [6.07, 6.45) is 0. The Morgan fingerprint density at radius 3 is 0.810 bits per heavy atom. The van der Waals surface area contributed by atoms with Crippen LogP contribution in [0.4, 0.5) is 0 Å². The zero-order chi connectivity index (χ0) is 93.6. The van der Waals surface area contributed by atoms with Gasteiger partial charge in [0.05, 0.1) is 99.3 Å². The van der Waals surface area contributed by atoms with Crippen LogP contribution in [0.25, 0.3) is 255 Å². The predicted molar refractivity (Wildman–Crippen MR) is 591 cm³/mol. The molecule has 666 valence electrons. The summed E-state index contributed by atoms with van der Waals surface area (Å²) < 4.78 is 21.3. The third-order valence-corrected chi connectivity index (χ3v) is 28.7. The maximum atomic E-state index is 5.17. The van der Waals surface area contributed by atoms with Crippen molar-refractivity contribution >= 4 is 164 Å². The van der Waals surface area contributed by atoms with Gasteiger partial charge in [-0.15, -0.1) is 0 Å². The van der Waals surface area contributed by atoms with E-state index in [1.54, 1.807) is 0 Å². The van der Waals surface area contributed by atoms with E-state index in [9.17, 15) is 0 Å². The van der Waals surface area contributed by atoms with Gasteiger partial charge in [-0.25, -0.2) is 15.0 Å². The lowest BCUT2D eigenvalue weighted by Crippen LogP contribution is -2.00. The first-order valence-electron chi connectivity index (χ1n) is 48.4. The second-order valence-electron chi connectivity index (χ2n) is 36.6. The quantitative estimate of drug-likeness (QED) is 0.122. The van der Waals surface area contributed by atoms with Gasteiger partial charge in [0, 0.05) is 134 Å². The molecule has 0 radical (unpaired) electrons. The summed E-state index contributed by atoms with van der Waals surface area (Å²) in [5.41, 5.74) is 35.2. The maximum absolute atomic E-state index is 5.17. The highest BCUT2D eigenvalue weighted by Crippen LogP contribution is 2.48. The molecule has 0 amide bonds. The highest BCUT2D eigenvalue weighted by atomic mass is 15.1. The Morgan fingerprint density at radius 2 is 0.401 bits per heavy atom. The van der Waals surface area contributed by atoms with Crippen LogP contribution < -0.4 is 0 Å². The van der Waals surface area contributed by atoms with E-state index in [1.807, 2.05) is 12.1 Å². The van der Waals surface area contributed by atoms with Crippen LogP contribution in [0.3, 0.4) is 0 Å². The Hall–Kier alpha value is -19.2. The average molecular weight is 1820 g/mol. The second kappa shape index (κ2) is 33.1. The number of aromatic nitrogens is 12. The van der Waals surface area contributed by atoms with Crippen molar-refractivity contribution in [2.45, 2.75) is 0 Å². The molecule has 142 heavy (non-hydrogen) atoms. The molecule has 12 heteroatoms. The van der Waals surface area contributed by atoms with Gasteiger partial charge >= 0.3 is 0 Å². The Kier molecular flexibility index (Phi) is 18.9. The smallest absolute Gasteiger partial charge is 0.145 e. The van der Waals surface area contributed by atoms with E-state index in [1.165, 1.54) is 142 Å². The number of hydrogen-bond donors (Lipinski definition) is 0. The van der Waals surface area contributed by atoms with Gasteiger partial charge in [0.2, 0.25) is 0 Å². The minimum Gasteiger partial charge on any atom is -0.327 e. The van der Waals surface area contributed by atoms with Gasteiger partial charge < -0.3 is 32.0 Å². The van der Waals surface area contributed by atoms with Crippen LogP contribution >= 0.6 is 0 Å². The van der Waals surface area contributed by atoms with Crippen molar-refractivity contribution in [1.29, 1.82) is 0 Å². The van der Waals surface area contributed by atoms with E-state index in [0.29, 0.717) is 0 Å². The summed E-state index contributed by atoms with van der Waals surface area (Å²) in [5.74, 6) is 2.83. The predicted octanol–water partition coefficient (Wildman–Crippen LogP) is 32.9.